The Balaban J connectivity index is 1.73. The first-order valence-corrected chi connectivity index (χ1v) is 8.85. The van der Waals surface area contributed by atoms with Gasteiger partial charge in [0.2, 0.25) is 0 Å². The molecule has 1 aromatic carbocycles. The van der Waals surface area contributed by atoms with Crippen LogP contribution in [0.15, 0.2) is 24.3 Å². The molecule has 0 N–H and O–H groups in total. The predicted molar refractivity (Wildman–Crippen MR) is 94.3 cm³/mol. The highest BCUT2D eigenvalue weighted by Gasteiger charge is 2.25. The summed E-state index contributed by atoms with van der Waals surface area (Å²) in [6, 6.07) is 10.5. The molecule has 1 aliphatic rings. The van der Waals surface area contributed by atoms with E-state index in [1.807, 2.05) is 12.1 Å². The van der Waals surface area contributed by atoms with Crippen LogP contribution in [0.2, 0.25) is 0 Å². The van der Waals surface area contributed by atoms with Crippen molar-refractivity contribution in [2.24, 2.45) is 5.92 Å². The molecule has 6 heteroatoms. The van der Waals surface area contributed by atoms with Gasteiger partial charge in [-0.15, -0.1) is 11.3 Å². The second kappa shape index (κ2) is 7.65. The van der Waals surface area contributed by atoms with Crippen LogP contribution in [0.5, 0.6) is 0 Å². The SMILES string of the molecule is COC(=O)COCC1CCCN(c2c(C#N)sc3ccccc23)C1. The van der Waals surface area contributed by atoms with E-state index in [-0.39, 0.29) is 12.6 Å². The minimum Gasteiger partial charge on any atom is -0.467 e. The van der Waals surface area contributed by atoms with Crippen molar-refractivity contribution in [3.63, 3.8) is 0 Å². The maximum Gasteiger partial charge on any atom is 0.331 e. The van der Waals surface area contributed by atoms with Gasteiger partial charge in [-0.25, -0.2) is 4.79 Å². The molecule has 0 aliphatic carbocycles. The van der Waals surface area contributed by atoms with Gasteiger partial charge in [0.1, 0.15) is 17.6 Å². The number of hydrogen-bond donors (Lipinski definition) is 0. The summed E-state index contributed by atoms with van der Waals surface area (Å²) in [5.74, 6) is 0.00636. The Morgan fingerprint density at radius 3 is 3.08 bits per heavy atom. The van der Waals surface area contributed by atoms with Gasteiger partial charge in [0.05, 0.1) is 19.4 Å². The van der Waals surface area contributed by atoms with Crippen molar-refractivity contribution in [2.45, 2.75) is 12.8 Å². The van der Waals surface area contributed by atoms with E-state index in [9.17, 15) is 10.1 Å². The molecule has 1 saturated heterocycles. The molecule has 0 radical (unpaired) electrons. The van der Waals surface area contributed by atoms with E-state index < -0.39 is 0 Å². The van der Waals surface area contributed by atoms with Crippen LogP contribution in [-0.4, -0.2) is 39.4 Å². The zero-order chi connectivity index (χ0) is 16.9. The minimum atomic E-state index is -0.349. The number of nitrogens with zero attached hydrogens (tertiary/aromatic N) is 2. The van der Waals surface area contributed by atoms with E-state index in [0.29, 0.717) is 12.5 Å². The third-order valence-electron chi connectivity index (χ3n) is 4.31. The number of carbonyl (C=O) groups is 1. The quantitative estimate of drug-likeness (QED) is 0.780. The summed E-state index contributed by atoms with van der Waals surface area (Å²) in [6.45, 7) is 2.33. The Bertz CT molecular complexity index is 765. The van der Waals surface area contributed by atoms with Crippen LogP contribution in [0.3, 0.4) is 0 Å². The lowest BCUT2D eigenvalue weighted by Crippen LogP contribution is -2.37. The van der Waals surface area contributed by atoms with Crippen LogP contribution in [-0.2, 0) is 14.3 Å². The first-order valence-electron chi connectivity index (χ1n) is 8.04. The number of hydrogen-bond acceptors (Lipinski definition) is 6. The predicted octanol–water partition coefficient (Wildman–Crippen LogP) is 3.18. The summed E-state index contributed by atoms with van der Waals surface area (Å²) >= 11 is 1.55. The molecule has 5 nitrogen and oxygen atoms in total. The number of rotatable bonds is 5. The summed E-state index contributed by atoms with van der Waals surface area (Å²) < 4.78 is 11.2. The Hall–Kier alpha value is -2.10. The third kappa shape index (κ3) is 3.53. The summed E-state index contributed by atoms with van der Waals surface area (Å²) in [5, 5.41) is 10.7. The lowest BCUT2D eigenvalue weighted by atomic mass is 9.98. The fraction of sp³-hybridized carbons (Fsp3) is 0.444. The number of piperidine rings is 1. The Morgan fingerprint density at radius 2 is 2.29 bits per heavy atom. The first kappa shape index (κ1) is 16.7. The second-order valence-electron chi connectivity index (χ2n) is 5.93. The lowest BCUT2D eigenvalue weighted by molar-refractivity contribution is -0.146. The molecule has 1 fully saturated rings. The second-order valence-corrected chi connectivity index (χ2v) is 6.99. The number of nitriles is 1. The van der Waals surface area contributed by atoms with Crippen molar-refractivity contribution in [1.82, 2.24) is 0 Å². The Labute approximate surface area is 145 Å². The topological polar surface area (TPSA) is 62.6 Å². The maximum atomic E-state index is 11.1. The lowest BCUT2D eigenvalue weighted by Gasteiger charge is -2.34. The number of esters is 1. The van der Waals surface area contributed by atoms with Gasteiger partial charge in [0.25, 0.3) is 0 Å². The van der Waals surface area contributed by atoms with Crippen LogP contribution >= 0.6 is 11.3 Å². The van der Waals surface area contributed by atoms with E-state index in [1.54, 1.807) is 11.3 Å². The molecule has 126 valence electrons. The van der Waals surface area contributed by atoms with Crippen LogP contribution < -0.4 is 4.90 Å². The number of thiophene rings is 1. The van der Waals surface area contributed by atoms with Crippen molar-refractivity contribution in [3.8, 4) is 6.07 Å². The summed E-state index contributed by atoms with van der Waals surface area (Å²) in [6.07, 6.45) is 2.13. The first-order chi connectivity index (χ1) is 11.7. The van der Waals surface area contributed by atoms with Crippen LogP contribution in [0, 0.1) is 17.2 Å². The molecular weight excluding hydrogens is 324 g/mol. The third-order valence-corrected chi connectivity index (χ3v) is 5.37. The van der Waals surface area contributed by atoms with Gasteiger partial charge >= 0.3 is 5.97 Å². The van der Waals surface area contributed by atoms with E-state index in [2.05, 4.69) is 27.8 Å². The molecule has 3 rings (SSSR count). The van der Waals surface area contributed by atoms with Crippen molar-refractivity contribution in [1.29, 1.82) is 5.26 Å². The summed E-state index contributed by atoms with van der Waals surface area (Å²) in [4.78, 5) is 14.2. The highest BCUT2D eigenvalue weighted by Crippen LogP contribution is 2.39. The number of carbonyl (C=O) groups excluding carboxylic acids is 1. The average Bonchev–Trinajstić information content (AvgIpc) is 3.00. The van der Waals surface area contributed by atoms with E-state index >= 15 is 0 Å². The zero-order valence-corrected chi connectivity index (χ0v) is 14.5. The molecule has 1 atom stereocenters. The highest BCUT2D eigenvalue weighted by molar-refractivity contribution is 7.20. The molecule has 1 unspecified atom stereocenters. The molecule has 1 aliphatic heterocycles. The molecule has 0 saturated carbocycles. The molecule has 0 amide bonds. The average molecular weight is 344 g/mol. The molecule has 0 bridgehead atoms. The number of methoxy groups -OCH3 is 1. The summed E-state index contributed by atoms with van der Waals surface area (Å²) in [7, 11) is 1.36. The molecule has 2 aromatic rings. The van der Waals surface area contributed by atoms with Gasteiger partial charge in [-0.3, -0.25) is 0 Å². The molecule has 0 spiro atoms. The standard InChI is InChI=1S/C18H20N2O3S/c1-22-17(21)12-23-11-13-5-4-8-20(10-13)18-14-6-2-3-7-15(14)24-16(18)9-19/h2-3,6-7,13H,4-5,8,10-12H2,1H3. The minimum absolute atomic E-state index is 0.00216. The van der Waals surface area contributed by atoms with Gasteiger partial charge in [-0.2, -0.15) is 5.26 Å². The van der Waals surface area contributed by atoms with E-state index in [0.717, 1.165) is 46.6 Å². The van der Waals surface area contributed by atoms with Gasteiger partial charge in [0.15, 0.2) is 0 Å². The Morgan fingerprint density at radius 1 is 1.46 bits per heavy atom. The maximum absolute atomic E-state index is 11.1. The van der Waals surface area contributed by atoms with Crippen molar-refractivity contribution in [2.75, 3.05) is 38.3 Å². The van der Waals surface area contributed by atoms with Crippen LogP contribution in [0.1, 0.15) is 17.7 Å². The number of anilines is 1. The van der Waals surface area contributed by atoms with Crippen molar-refractivity contribution >= 4 is 33.1 Å². The van der Waals surface area contributed by atoms with Crippen molar-refractivity contribution < 1.29 is 14.3 Å². The molecule has 1 aromatic heterocycles. The van der Waals surface area contributed by atoms with Gasteiger partial charge in [-0.1, -0.05) is 18.2 Å². The number of fused-ring (bicyclic) bond motifs is 1. The molecule has 2 heterocycles. The van der Waals surface area contributed by atoms with E-state index in [4.69, 9.17) is 4.74 Å². The monoisotopic (exact) mass is 344 g/mol. The zero-order valence-electron chi connectivity index (χ0n) is 13.7. The van der Waals surface area contributed by atoms with Gasteiger partial charge < -0.3 is 14.4 Å². The highest BCUT2D eigenvalue weighted by atomic mass is 32.1. The number of ether oxygens (including phenoxy) is 2. The van der Waals surface area contributed by atoms with Crippen molar-refractivity contribution in [3.05, 3.63) is 29.1 Å². The smallest absolute Gasteiger partial charge is 0.331 e. The fourth-order valence-corrected chi connectivity index (χ4v) is 4.22. The number of benzene rings is 1. The normalized spacial score (nSPS) is 17.7. The van der Waals surface area contributed by atoms with Crippen LogP contribution in [0.4, 0.5) is 5.69 Å². The Kier molecular flexibility index (Phi) is 5.34. The molecule has 24 heavy (non-hydrogen) atoms. The van der Waals surface area contributed by atoms with Crippen LogP contribution in [0.25, 0.3) is 10.1 Å². The largest absolute Gasteiger partial charge is 0.467 e. The summed E-state index contributed by atoms with van der Waals surface area (Å²) in [5.41, 5.74) is 1.05. The molecular formula is C18H20N2O3S. The van der Waals surface area contributed by atoms with E-state index in [1.165, 1.54) is 7.11 Å². The van der Waals surface area contributed by atoms with Gasteiger partial charge in [0, 0.05) is 23.2 Å². The van der Waals surface area contributed by atoms with Gasteiger partial charge in [-0.05, 0) is 24.8 Å². The fourth-order valence-electron chi connectivity index (χ4n) is 3.19.